The Morgan fingerprint density at radius 1 is 1.41 bits per heavy atom. The summed E-state index contributed by atoms with van der Waals surface area (Å²) in [5.74, 6) is 6.23. The van der Waals surface area contributed by atoms with Crippen LogP contribution in [-0.2, 0) is 4.74 Å². The number of rotatable bonds is 6. The molecule has 0 aliphatic carbocycles. The Hall–Kier alpha value is -0.750. The number of nitrogen functional groups attached to an aromatic ring is 1. The fraction of sp³-hybridized carbons (Fsp3) is 0.500. The first-order valence-electron chi connectivity index (χ1n) is 5.16. The maximum Gasteiger partial charge on any atom is 0.161 e. The number of anilines is 2. The Kier molecular flexibility index (Phi) is 5.77. The molecule has 0 aliphatic heterocycles. The van der Waals surface area contributed by atoms with Crippen molar-refractivity contribution in [2.45, 2.75) is 19.4 Å². The zero-order valence-electron chi connectivity index (χ0n) is 9.76. The molecule has 0 fully saturated rings. The fourth-order valence-electron chi connectivity index (χ4n) is 1.27. The Bertz CT molecular complexity index is 376. The van der Waals surface area contributed by atoms with Crippen LogP contribution in [0, 0.1) is 0 Å². The quantitative estimate of drug-likeness (QED) is 0.551. The standard InChI is InChI=1S/C10H16Cl2N4O/c1-6(3-4-17-2)14-9-7(11)5-8(12)10(15-9)16-13/h5-6H,3-4,13H2,1-2H3,(H2,14,15,16). The predicted octanol–water partition coefficient (Wildman–Crippen LogP) is 2.51. The molecule has 1 aromatic rings. The maximum atomic E-state index is 6.03. The van der Waals surface area contributed by atoms with Gasteiger partial charge in [-0.15, -0.1) is 0 Å². The van der Waals surface area contributed by atoms with Gasteiger partial charge in [0.2, 0.25) is 0 Å². The van der Waals surface area contributed by atoms with E-state index in [1.807, 2.05) is 6.92 Å². The molecule has 5 nitrogen and oxygen atoms in total. The normalized spacial score (nSPS) is 12.3. The minimum atomic E-state index is 0.187. The molecule has 4 N–H and O–H groups in total. The van der Waals surface area contributed by atoms with Crippen LogP contribution in [0.25, 0.3) is 0 Å². The van der Waals surface area contributed by atoms with Crippen molar-refractivity contribution in [1.82, 2.24) is 4.98 Å². The number of methoxy groups -OCH3 is 1. The number of pyridine rings is 1. The van der Waals surface area contributed by atoms with E-state index in [4.69, 9.17) is 33.8 Å². The van der Waals surface area contributed by atoms with E-state index in [1.54, 1.807) is 13.2 Å². The van der Waals surface area contributed by atoms with E-state index in [0.29, 0.717) is 28.3 Å². The van der Waals surface area contributed by atoms with Crippen LogP contribution in [0.15, 0.2) is 6.07 Å². The lowest BCUT2D eigenvalue weighted by molar-refractivity contribution is 0.191. The second kappa shape index (κ2) is 6.86. The summed E-state index contributed by atoms with van der Waals surface area (Å²) in [4.78, 5) is 4.19. The second-order valence-corrected chi connectivity index (χ2v) is 4.43. The van der Waals surface area contributed by atoms with Gasteiger partial charge < -0.3 is 15.5 Å². The highest BCUT2D eigenvalue weighted by Gasteiger charge is 2.10. The van der Waals surface area contributed by atoms with Gasteiger partial charge in [-0.05, 0) is 19.4 Å². The van der Waals surface area contributed by atoms with Gasteiger partial charge in [-0.1, -0.05) is 23.2 Å². The number of halogens is 2. The highest BCUT2D eigenvalue weighted by molar-refractivity contribution is 6.37. The summed E-state index contributed by atoms with van der Waals surface area (Å²) >= 11 is 11.9. The Balaban J connectivity index is 2.76. The molecule has 1 atom stereocenters. The van der Waals surface area contributed by atoms with Gasteiger partial charge in [0, 0.05) is 19.8 Å². The molecule has 1 unspecified atom stereocenters. The summed E-state index contributed by atoms with van der Waals surface area (Å²) in [6.45, 7) is 2.68. The minimum Gasteiger partial charge on any atom is -0.385 e. The van der Waals surface area contributed by atoms with Gasteiger partial charge in [0.25, 0.3) is 0 Å². The lowest BCUT2D eigenvalue weighted by Gasteiger charge is -2.16. The first kappa shape index (κ1) is 14.3. The molecule has 0 radical (unpaired) electrons. The number of hydrogen-bond donors (Lipinski definition) is 3. The van der Waals surface area contributed by atoms with Crippen molar-refractivity contribution in [3.8, 4) is 0 Å². The molecule has 1 aromatic heterocycles. The van der Waals surface area contributed by atoms with Crippen molar-refractivity contribution >= 4 is 34.8 Å². The number of nitrogens with one attached hydrogen (secondary N) is 2. The largest absolute Gasteiger partial charge is 0.385 e. The van der Waals surface area contributed by atoms with E-state index < -0.39 is 0 Å². The van der Waals surface area contributed by atoms with Gasteiger partial charge in [-0.3, -0.25) is 0 Å². The maximum absolute atomic E-state index is 6.03. The molecule has 17 heavy (non-hydrogen) atoms. The van der Waals surface area contributed by atoms with Crippen molar-refractivity contribution < 1.29 is 4.74 Å². The van der Waals surface area contributed by atoms with Crippen molar-refractivity contribution in [2.75, 3.05) is 24.5 Å². The first-order chi connectivity index (χ1) is 8.08. The van der Waals surface area contributed by atoms with Crippen LogP contribution in [0.5, 0.6) is 0 Å². The topological polar surface area (TPSA) is 72.2 Å². The van der Waals surface area contributed by atoms with Gasteiger partial charge in [0.05, 0.1) is 10.0 Å². The molecule has 1 rings (SSSR count). The number of nitrogens with zero attached hydrogens (tertiary/aromatic N) is 1. The molecule has 0 saturated heterocycles. The van der Waals surface area contributed by atoms with Gasteiger partial charge in [0.15, 0.2) is 5.82 Å². The Morgan fingerprint density at radius 3 is 2.65 bits per heavy atom. The lowest BCUT2D eigenvalue weighted by Crippen LogP contribution is -2.19. The number of ether oxygens (including phenoxy) is 1. The SMILES string of the molecule is COCCC(C)Nc1nc(NN)c(Cl)cc1Cl. The summed E-state index contributed by atoms with van der Waals surface area (Å²) < 4.78 is 5.00. The molecular weight excluding hydrogens is 263 g/mol. The number of nitrogens with two attached hydrogens (primary N) is 1. The first-order valence-corrected chi connectivity index (χ1v) is 5.92. The molecule has 0 spiro atoms. The summed E-state index contributed by atoms with van der Waals surface area (Å²) in [5.41, 5.74) is 2.41. The van der Waals surface area contributed by atoms with E-state index in [-0.39, 0.29) is 6.04 Å². The van der Waals surface area contributed by atoms with E-state index in [9.17, 15) is 0 Å². The number of hydrazine groups is 1. The predicted molar refractivity (Wildman–Crippen MR) is 71.6 cm³/mol. The van der Waals surface area contributed by atoms with Crippen LogP contribution in [0.1, 0.15) is 13.3 Å². The summed E-state index contributed by atoms with van der Waals surface area (Å²) in [7, 11) is 1.66. The highest BCUT2D eigenvalue weighted by Crippen LogP contribution is 2.29. The van der Waals surface area contributed by atoms with E-state index in [2.05, 4.69) is 15.7 Å². The molecule has 96 valence electrons. The third-order valence-corrected chi connectivity index (χ3v) is 2.78. The van der Waals surface area contributed by atoms with E-state index >= 15 is 0 Å². The van der Waals surface area contributed by atoms with Crippen LogP contribution < -0.4 is 16.6 Å². The summed E-state index contributed by atoms with van der Waals surface area (Å²) in [6, 6.07) is 1.78. The van der Waals surface area contributed by atoms with Gasteiger partial charge in [-0.25, -0.2) is 10.8 Å². The smallest absolute Gasteiger partial charge is 0.161 e. The zero-order chi connectivity index (χ0) is 12.8. The summed E-state index contributed by atoms with van der Waals surface area (Å²) in [5, 5.41) is 4.01. The summed E-state index contributed by atoms with van der Waals surface area (Å²) in [6.07, 6.45) is 0.850. The van der Waals surface area contributed by atoms with Gasteiger partial charge >= 0.3 is 0 Å². The van der Waals surface area contributed by atoms with E-state index in [0.717, 1.165) is 6.42 Å². The molecular formula is C10H16Cl2N4O. The zero-order valence-corrected chi connectivity index (χ0v) is 11.3. The molecule has 0 amide bonds. The molecule has 0 saturated carbocycles. The average Bonchev–Trinajstić information content (AvgIpc) is 2.30. The van der Waals surface area contributed by atoms with Crippen LogP contribution in [0.2, 0.25) is 10.0 Å². The Morgan fingerprint density at radius 2 is 2.06 bits per heavy atom. The molecule has 0 bridgehead atoms. The van der Waals surface area contributed by atoms with Crippen molar-refractivity contribution in [1.29, 1.82) is 0 Å². The monoisotopic (exact) mass is 278 g/mol. The average molecular weight is 279 g/mol. The van der Waals surface area contributed by atoms with Gasteiger partial charge in [-0.2, -0.15) is 0 Å². The third kappa shape index (κ3) is 4.20. The molecule has 7 heteroatoms. The third-order valence-electron chi connectivity index (χ3n) is 2.20. The van der Waals surface area contributed by atoms with Crippen LogP contribution in [-0.4, -0.2) is 24.7 Å². The van der Waals surface area contributed by atoms with Crippen LogP contribution in [0.4, 0.5) is 11.6 Å². The van der Waals surface area contributed by atoms with Crippen molar-refractivity contribution in [3.63, 3.8) is 0 Å². The Labute approximate surface area is 111 Å². The molecule has 0 aliphatic rings. The van der Waals surface area contributed by atoms with E-state index in [1.165, 1.54) is 0 Å². The highest BCUT2D eigenvalue weighted by atomic mass is 35.5. The number of aromatic nitrogens is 1. The number of hydrogen-bond acceptors (Lipinski definition) is 5. The second-order valence-electron chi connectivity index (χ2n) is 3.62. The fourth-order valence-corrected chi connectivity index (χ4v) is 1.74. The van der Waals surface area contributed by atoms with Crippen LogP contribution >= 0.6 is 23.2 Å². The van der Waals surface area contributed by atoms with Crippen molar-refractivity contribution in [2.24, 2.45) is 5.84 Å². The minimum absolute atomic E-state index is 0.187. The molecule has 0 aromatic carbocycles. The van der Waals surface area contributed by atoms with Gasteiger partial charge in [0.1, 0.15) is 5.82 Å². The van der Waals surface area contributed by atoms with Crippen molar-refractivity contribution in [3.05, 3.63) is 16.1 Å². The van der Waals surface area contributed by atoms with Crippen LogP contribution in [0.3, 0.4) is 0 Å². The molecule has 1 heterocycles. The lowest BCUT2D eigenvalue weighted by atomic mass is 10.2.